The highest BCUT2D eigenvalue weighted by Crippen LogP contribution is 1.90. The van der Waals surface area contributed by atoms with Crippen LogP contribution in [0.4, 0.5) is 4.79 Å². The summed E-state index contributed by atoms with van der Waals surface area (Å²) in [5.74, 6) is -1.12. The third-order valence-corrected chi connectivity index (χ3v) is 1.23. The molecule has 0 spiro atoms. The van der Waals surface area contributed by atoms with E-state index in [0.717, 1.165) is 7.11 Å². The number of carboxylic acids is 1. The van der Waals surface area contributed by atoms with Gasteiger partial charge in [0.2, 0.25) is 0 Å². The molecule has 0 aromatic rings. The predicted molar refractivity (Wildman–Crippen MR) is 40.6 cm³/mol. The summed E-state index contributed by atoms with van der Waals surface area (Å²) >= 11 is 0. The average molecular weight is 176 g/mol. The number of hydrogen-bond donors (Lipinski definition) is 3. The van der Waals surface area contributed by atoms with E-state index >= 15 is 0 Å². The number of nitrogens with one attached hydrogen (secondary N) is 1. The number of amides is 1. The van der Waals surface area contributed by atoms with Gasteiger partial charge in [0.15, 0.2) is 0 Å². The Hall–Kier alpha value is -1.30. The first-order chi connectivity index (χ1) is 5.61. The number of carboxylic acid groups (broad SMARTS) is 1. The van der Waals surface area contributed by atoms with Crippen molar-refractivity contribution in [2.45, 2.75) is 12.5 Å². The van der Waals surface area contributed by atoms with Crippen molar-refractivity contribution in [3.05, 3.63) is 0 Å². The molecule has 0 aliphatic heterocycles. The maximum atomic E-state index is 10.6. The second-order valence-electron chi connectivity index (χ2n) is 2.10. The van der Waals surface area contributed by atoms with Crippen LogP contribution in [0.1, 0.15) is 6.42 Å². The molecule has 4 N–H and O–H groups in total. The van der Waals surface area contributed by atoms with E-state index in [9.17, 15) is 9.59 Å². The van der Waals surface area contributed by atoms with Gasteiger partial charge in [0.05, 0.1) is 7.11 Å². The fourth-order valence-electron chi connectivity index (χ4n) is 0.625. The summed E-state index contributed by atoms with van der Waals surface area (Å²) in [6.07, 6.45) is -0.583. The summed E-state index contributed by atoms with van der Waals surface area (Å²) in [7, 11) is 1.16. The van der Waals surface area contributed by atoms with Crippen molar-refractivity contribution >= 4 is 12.1 Å². The summed E-state index contributed by atoms with van der Waals surface area (Å²) < 4.78 is 4.22. The fourth-order valence-corrected chi connectivity index (χ4v) is 0.625. The molecule has 0 rings (SSSR count). The van der Waals surface area contributed by atoms with Crippen molar-refractivity contribution in [1.82, 2.24) is 5.32 Å². The number of carbonyl (C=O) groups excluding carboxylic acids is 1. The normalized spacial score (nSPS) is 11.8. The number of methoxy groups -OCH3 is 1. The van der Waals surface area contributed by atoms with Crippen molar-refractivity contribution in [1.29, 1.82) is 0 Å². The third kappa shape index (κ3) is 3.77. The minimum absolute atomic E-state index is 0.185. The van der Waals surface area contributed by atoms with Crippen molar-refractivity contribution in [2.75, 3.05) is 13.7 Å². The number of alkyl carbamates (subject to hydrolysis) is 1. The predicted octanol–water partition coefficient (Wildman–Crippen LogP) is -0.856. The van der Waals surface area contributed by atoms with Gasteiger partial charge in [-0.15, -0.1) is 0 Å². The molecule has 70 valence electrons. The average Bonchev–Trinajstić information content (AvgIpc) is 2.03. The summed E-state index contributed by atoms with van der Waals surface area (Å²) in [6, 6.07) is -0.970. The van der Waals surface area contributed by atoms with E-state index in [1.165, 1.54) is 0 Å². The Morgan fingerprint density at radius 3 is 2.58 bits per heavy atom. The number of aliphatic carboxylic acids is 1. The molecule has 0 aliphatic rings. The molecular weight excluding hydrogens is 164 g/mol. The van der Waals surface area contributed by atoms with Crippen LogP contribution >= 0.6 is 0 Å². The van der Waals surface area contributed by atoms with Crippen molar-refractivity contribution < 1.29 is 19.4 Å². The van der Waals surface area contributed by atoms with Crippen LogP contribution < -0.4 is 11.1 Å². The molecule has 1 amide bonds. The molecule has 0 heterocycles. The summed E-state index contributed by atoms with van der Waals surface area (Å²) in [6.45, 7) is 0.195. The SMILES string of the molecule is COC(=O)N[C@@H](CCN)C(=O)O. The van der Waals surface area contributed by atoms with Gasteiger partial charge in [-0.05, 0) is 13.0 Å². The van der Waals surface area contributed by atoms with Gasteiger partial charge in [-0.3, -0.25) is 0 Å². The van der Waals surface area contributed by atoms with E-state index in [0.29, 0.717) is 0 Å². The van der Waals surface area contributed by atoms with Gasteiger partial charge in [0, 0.05) is 0 Å². The molecule has 12 heavy (non-hydrogen) atoms. The Labute approximate surface area is 69.7 Å². The first kappa shape index (κ1) is 10.7. The van der Waals surface area contributed by atoms with E-state index < -0.39 is 18.1 Å². The zero-order chi connectivity index (χ0) is 9.56. The van der Waals surface area contributed by atoms with Crippen LogP contribution in [0.2, 0.25) is 0 Å². The van der Waals surface area contributed by atoms with Gasteiger partial charge in [-0.2, -0.15) is 0 Å². The quantitative estimate of drug-likeness (QED) is 0.517. The molecule has 1 atom stereocenters. The van der Waals surface area contributed by atoms with Crippen molar-refractivity contribution in [2.24, 2.45) is 5.73 Å². The Kier molecular flexibility index (Phi) is 4.78. The fraction of sp³-hybridized carbons (Fsp3) is 0.667. The highest BCUT2D eigenvalue weighted by atomic mass is 16.5. The zero-order valence-electron chi connectivity index (χ0n) is 6.74. The Bertz CT molecular complexity index is 169. The monoisotopic (exact) mass is 176 g/mol. The van der Waals surface area contributed by atoms with E-state index in [4.69, 9.17) is 10.8 Å². The number of rotatable bonds is 4. The number of nitrogens with two attached hydrogens (primary N) is 1. The molecule has 0 unspecified atom stereocenters. The van der Waals surface area contributed by atoms with Gasteiger partial charge in [-0.25, -0.2) is 9.59 Å². The molecule has 0 aromatic carbocycles. The van der Waals surface area contributed by atoms with Gasteiger partial charge >= 0.3 is 12.1 Å². The molecule has 0 aliphatic carbocycles. The second kappa shape index (κ2) is 5.36. The number of hydrogen-bond acceptors (Lipinski definition) is 4. The van der Waals surface area contributed by atoms with Gasteiger partial charge < -0.3 is 20.9 Å². The minimum Gasteiger partial charge on any atom is -0.480 e. The van der Waals surface area contributed by atoms with Crippen LogP contribution in [0.3, 0.4) is 0 Å². The van der Waals surface area contributed by atoms with Crippen LogP contribution in [0.25, 0.3) is 0 Å². The molecule has 6 nitrogen and oxygen atoms in total. The second-order valence-corrected chi connectivity index (χ2v) is 2.10. The first-order valence-electron chi connectivity index (χ1n) is 3.39. The Morgan fingerprint density at radius 2 is 2.25 bits per heavy atom. The molecule has 0 fully saturated rings. The Balaban J connectivity index is 3.95. The Morgan fingerprint density at radius 1 is 1.67 bits per heavy atom. The van der Waals surface area contributed by atoms with Crippen LogP contribution in [-0.2, 0) is 9.53 Å². The van der Waals surface area contributed by atoms with Crippen LogP contribution in [0.5, 0.6) is 0 Å². The lowest BCUT2D eigenvalue weighted by Gasteiger charge is -2.11. The van der Waals surface area contributed by atoms with E-state index in [2.05, 4.69) is 10.1 Å². The van der Waals surface area contributed by atoms with Crippen LogP contribution in [-0.4, -0.2) is 36.9 Å². The van der Waals surface area contributed by atoms with E-state index in [1.807, 2.05) is 0 Å². The maximum absolute atomic E-state index is 10.6. The standard InChI is InChI=1S/C6H12N2O4/c1-12-6(11)8-4(2-3-7)5(9)10/h4H,2-3,7H2,1H3,(H,8,11)(H,9,10)/t4-/m0/s1. The van der Waals surface area contributed by atoms with Gasteiger partial charge in [-0.1, -0.05) is 0 Å². The van der Waals surface area contributed by atoms with E-state index in [-0.39, 0.29) is 13.0 Å². The summed E-state index contributed by atoms with van der Waals surface area (Å²) in [5, 5.41) is 10.6. The number of ether oxygens (including phenoxy) is 1. The largest absolute Gasteiger partial charge is 0.480 e. The number of carbonyl (C=O) groups is 2. The lowest BCUT2D eigenvalue weighted by molar-refractivity contribution is -0.139. The summed E-state index contributed by atoms with van der Waals surface area (Å²) in [4.78, 5) is 21.0. The van der Waals surface area contributed by atoms with E-state index in [1.54, 1.807) is 0 Å². The van der Waals surface area contributed by atoms with Gasteiger partial charge in [0.25, 0.3) is 0 Å². The highest BCUT2D eigenvalue weighted by molar-refractivity contribution is 5.79. The smallest absolute Gasteiger partial charge is 0.407 e. The lowest BCUT2D eigenvalue weighted by Crippen LogP contribution is -2.41. The topological polar surface area (TPSA) is 102 Å². The lowest BCUT2D eigenvalue weighted by atomic mass is 10.2. The molecule has 0 radical (unpaired) electrons. The molecule has 0 bridgehead atoms. The first-order valence-corrected chi connectivity index (χ1v) is 3.39. The van der Waals surface area contributed by atoms with Crippen molar-refractivity contribution in [3.8, 4) is 0 Å². The molecule has 0 saturated heterocycles. The van der Waals surface area contributed by atoms with Crippen molar-refractivity contribution in [3.63, 3.8) is 0 Å². The summed E-state index contributed by atoms with van der Waals surface area (Å²) in [5.41, 5.74) is 5.13. The van der Waals surface area contributed by atoms with Gasteiger partial charge in [0.1, 0.15) is 6.04 Å². The van der Waals surface area contributed by atoms with Crippen LogP contribution in [0.15, 0.2) is 0 Å². The molecular formula is C6H12N2O4. The highest BCUT2D eigenvalue weighted by Gasteiger charge is 2.18. The molecule has 0 saturated carbocycles. The minimum atomic E-state index is -1.12. The zero-order valence-corrected chi connectivity index (χ0v) is 6.74. The molecule has 0 aromatic heterocycles. The molecule has 6 heteroatoms. The maximum Gasteiger partial charge on any atom is 0.407 e. The third-order valence-electron chi connectivity index (χ3n) is 1.23. The van der Waals surface area contributed by atoms with Crippen LogP contribution in [0, 0.1) is 0 Å².